The standard InChI is InChI=1S/C13H10BrNO2/c14-12-6-2-1-4-11(12)9-17-13(16)10-5-3-7-15-8-10/h1-8H,9H2. The molecular formula is C13H10BrNO2. The number of rotatable bonds is 3. The number of carbonyl (C=O) groups is 1. The lowest BCUT2D eigenvalue weighted by molar-refractivity contribution is 0.0471. The minimum absolute atomic E-state index is 0.245. The maximum Gasteiger partial charge on any atom is 0.340 e. The summed E-state index contributed by atoms with van der Waals surface area (Å²) >= 11 is 3.40. The summed E-state index contributed by atoms with van der Waals surface area (Å²) in [5.74, 6) is -0.367. The summed E-state index contributed by atoms with van der Waals surface area (Å²) < 4.78 is 6.12. The van der Waals surface area contributed by atoms with Crippen LogP contribution in [-0.4, -0.2) is 11.0 Å². The first-order valence-electron chi connectivity index (χ1n) is 5.08. The lowest BCUT2D eigenvalue weighted by Crippen LogP contribution is -2.05. The van der Waals surface area contributed by atoms with Gasteiger partial charge in [0, 0.05) is 22.4 Å². The van der Waals surface area contributed by atoms with Gasteiger partial charge in [0.15, 0.2) is 0 Å². The van der Waals surface area contributed by atoms with E-state index in [0.717, 1.165) is 10.0 Å². The summed E-state index contributed by atoms with van der Waals surface area (Å²) in [6.07, 6.45) is 3.10. The van der Waals surface area contributed by atoms with Crippen LogP contribution in [0.3, 0.4) is 0 Å². The van der Waals surface area contributed by atoms with Crippen molar-refractivity contribution in [3.05, 3.63) is 64.4 Å². The monoisotopic (exact) mass is 291 g/mol. The Hall–Kier alpha value is -1.68. The van der Waals surface area contributed by atoms with Gasteiger partial charge in [-0.05, 0) is 18.2 Å². The van der Waals surface area contributed by atoms with E-state index >= 15 is 0 Å². The van der Waals surface area contributed by atoms with Crippen LogP contribution in [-0.2, 0) is 11.3 Å². The van der Waals surface area contributed by atoms with E-state index in [9.17, 15) is 4.79 Å². The van der Waals surface area contributed by atoms with Crippen molar-refractivity contribution in [1.29, 1.82) is 0 Å². The Morgan fingerprint density at radius 2 is 2.06 bits per heavy atom. The molecule has 4 heteroatoms. The SMILES string of the molecule is O=C(OCc1ccccc1Br)c1cccnc1. The largest absolute Gasteiger partial charge is 0.457 e. The molecule has 0 aliphatic rings. The Kier molecular flexibility index (Phi) is 3.88. The van der Waals surface area contributed by atoms with E-state index in [1.807, 2.05) is 24.3 Å². The van der Waals surface area contributed by atoms with E-state index < -0.39 is 0 Å². The fourth-order valence-electron chi connectivity index (χ4n) is 1.33. The van der Waals surface area contributed by atoms with Crippen molar-refractivity contribution >= 4 is 21.9 Å². The molecule has 3 nitrogen and oxygen atoms in total. The van der Waals surface area contributed by atoms with Crippen LogP contribution in [0.5, 0.6) is 0 Å². The van der Waals surface area contributed by atoms with Crippen molar-refractivity contribution in [2.45, 2.75) is 6.61 Å². The molecular weight excluding hydrogens is 282 g/mol. The lowest BCUT2D eigenvalue weighted by atomic mass is 10.2. The van der Waals surface area contributed by atoms with E-state index in [4.69, 9.17) is 4.74 Å². The molecule has 1 heterocycles. The van der Waals surface area contributed by atoms with Crippen molar-refractivity contribution in [3.63, 3.8) is 0 Å². The highest BCUT2D eigenvalue weighted by atomic mass is 79.9. The zero-order valence-electron chi connectivity index (χ0n) is 8.97. The summed E-state index contributed by atoms with van der Waals surface area (Å²) in [6.45, 7) is 0.245. The lowest BCUT2D eigenvalue weighted by Gasteiger charge is -2.06. The second-order valence-electron chi connectivity index (χ2n) is 3.41. The van der Waals surface area contributed by atoms with Gasteiger partial charge in [-0.3, -0.25) is 4.98 Å². The number of ether oxygens (including phenoxy) is 1. The van der Waals surface area contributed by atoms with Crippen molar-refractivity contribution in [1.82, 2.24) is 4.98 Å². The van der Waals surface area contributed by atoms with Gasteiger partial charge in [-0.15, -0.1) is 0 Å². The summed E-state index contributed by atoms with van der Waals surface area (Å²) in [4.78, 5) is 15.5. The Labute approximate surface area is 108 Å². The average molecular weight is 292 g/mol. The van der Waals surface area contributed by atoms with Crippen LogP contribution in [0.15, 0.2) is 53.3 Å². The molecule has 0 aliphatic heterocycles. The van der Waals surface area contributed by atoms with Crippen LogP contribution in [0, 0.1) is 0 Å². The highest BCUT2D eigenvalue weighted by Gasteiger charge is 2.07. The quantitative estimate of drug-likeness (QED) is 0.815. The van der Waals surface area contributed by atoms with Crippen LogP contribution in [0.2, 0.25) is 0 Å². The number of aromatic nitrogens is 1. The third kappa shape index (κ3) is 3.14. The summed E-state index contributed by atoms with van der Waals surface area (Å²) in [5, 5.41) is 0. The first-order valence-corrected chi connectivity index (χ1v) is 5.87. The zero-order valence-corrected chi connectivity index (χ0v) is 10.6. The van der Waals surface area contributed by atoms with Crippen LogP contribution < -0.4 is 0 Å². The number of pyridine rings is 1. The van der Waals surface area contributed by atoms with Gasteiger partial charge in [-0.25, -0.2) is 4.79 Å². The third-order valence-corrected chi connectivity index (χ3v) is 2.99. The first-order chi connectivity index (χ1) is 8.27. The molecule has 0 aliphatic carbocycles. The first kappa shape index (κ1) is 11.8. The molecule has 0 atom stereocenters. The fraction of sp³-hybridized carbons (Fsp3) is 0.0769. The Bertz CT molecular complexity index is 514. The second kappa shape index (κ2) is 5.59. The Balaban J connectivity index is 2.00. The maximum absolute atomic E-state index is 11.7. The zero-order chi connectivity index (χ0) is 12.1. The topological polar surface area (TPSA) is 39.2 Å². The van der Waals surface area contributed by atoms with Gasteiger partial charge in [-0.2, -0.15) is 0 Å². The number of halogens is 1. The third-order valence-electron chi connectivity index (χ3n) is 2.21. The molecule has 0 saturated heterocycles. The van der Waals surface area contributed by atoms with Gasteiger partial charge in [0.05, 0.1) is 5.56 Å². The summed E-state index contributed by atoms with van der Waals surface area (Å²) in [5.41, 5.74) is 1.39. The van der Waals surface area contributed by atoms with Crippen LogP contribution >= 0.6 is 15.9 Å². The van der Waals surface area contributed by atoms with E-state index in [0.29, 0.717) is 5.56 Å². The maximum atomic E-state index is 11.7. The molecule has 0 spiro atoms. The number of hydrogen-bond donors (Lipinski definition) is 0. The molecule has 0 N–H and O–H groups in total. The molecule has 17 heavy (non-hydrogen) atoms. The molecule has 0 radical (unpaired) electrons. The predicted octanol–water partition coefficient (Wildman–Crippen LogP) is 3.20. The molecule has 0 fully saturated rings. The van der Waals surface area contributed by atoms with E-state index in [1.165, 1.54) is 6.20 Å². The summed E-state index contributed by atoms with van der Waals surface area (Å²) in [7, 11) is 0. The number of nitrogens with zero attached hydrogens (tertiary/aromatic N) is 1. The van der Waals surface area contributed by atoms with Crippen molar-refractivity contribution in [2.24, 2.45) is 0 Å². The number of benzene rings is 1. The van der Waals surface area contributed by atoms with Crippen molar-refractivity contribution in [2.75, 3.05) is 0 Å². The molecule has 2 aromatic rings. The molecule has 86 valence electrons. The summed E-state index contributed by atoms with van der Waals surface area (Å²) in [6, 6.07) is 11.0. The van der Waals surface area contributed by atoms with Gasteiger partial charge in [0.25, 0.3) is 0 Å². The normalized spacial score (nSPS) is 9.94. The minimum atomic E-state index is -0.367. The van der Waals surface area contributed by atoms with E-state index in [2.05, 4.69) is 20.9 Å². The number of hydrogen-bond acceptors (Lipinski definition) is 3. The highest BCUT2D eigenvalue weighted by molar-refractivity contribution is 9.10. The van der Waals surface area contributed by atoms with Crippen molar-refractivity contribution < 1.29 is 9.53 Å². The highest BCUT2D eigenvalue weighted by Crippen LogP contribution is 2.17. The van der Waals surface area contributed by atoms with E-state index in [-0.39, 0.29) is 12.6 Å². The molecule has 0 saturated carbocycles. The predicted molar refractivity (Wildman–Crippen MR) is 67.5 cm³/mol. The van der Waals surface area contributed by atoms with E-state index in [1.54, 1.807) is 18.3 Å². The minimum Gasteiger partial charge on any atom is -0.457 e. The number of carbonyl (C=O) groups excluding carboxylic acids is 1. The smallest absolute Gasteiger partial charge is 0.340 e. The van der Waals surface area contributed by atoms with Crippen LogP contribution in [0.1, 0.15) is 15.9 Å². The Morgan fingerprint density at radius 1 is 1.24 bits per heavy atom. The van der Waals surface area contributed by atoms with Crippen molar-refractivity contribution in [3.8, 4) is 0 Å². The second-order valence-corrected chi connectivity index (χ2v) is 4.26. The van der Waals surface area contributed by atoms with Gasteiger partial charge in [0.2, 0.25) is 0 Å². The molecule has 1 aromatic carbocycles. The Morgan fingerprint density at radius 3 is 2.76 bits per heavy atom. The molecule has 2 rings (SSSR count). The molecule has 0 bridgehead atoms. The number of esters is 1. The van der Waals surface area contributed by atoms with Gasteiger partial charge < -0.3 is 4.74 Å². The van der Waals surface area contributed by atoms with Gasteiger partial charge in [-0.1, -0.05) is 34.1 Å². The fourth-order valence-corrected chi connectivity index (χ4v) is 1.72. The molecule has 1 aromatic heterocycles. The average Bonchev–Trinajstić information content (AvgIpc) is 2.38. The van der Waals surface area contributed by atoms with Gasteiger partial charge in [0.1, 0.15) is 6.61 Å². The van der Waals surface area contributed by atoms with Crippen LogP contribution in [0.25, 0.3) is 0 Å². The van der Waals surface area contributed by atoms with Gasteiger partial charge >= 0.3 is 5.97 Å². The van der Waals surface area contributed by atoms with Crippen LogP contribution in [0.4, 0.5) is 0 Å². The molecule has 0 amide bonds. The molecule has 0 unspecified atom stereocenters.